The molecule has 1 aliphatic heterocycles. The number of nitrogens with one attached hydrogen (secondary N) is 1. The topological polar surface area (TPSA) is 15.3 Å². The van der Waals surface area contributed by atoms with Crippen LogP contribution in [-0.2, 0) is 0 Å². The first-order valence-corrected chi connectivity index (χ1v) is 6.23. The molecule has 0 atom stereocenters. The Labute approximate surface area is 94.7 Å². The fourth-order valence-corrected chi connectivity index (χ4v) is 2.21. The third kappa shape index (κ3) is 4.35. The molecule has 1 aliphatic rings. The summed E-state index contributed by atoms with van der Waals surface area (Å²) < 4.78 is 0. The van der Waals surface area contributed by atoms with Gasteiger partial charge in [0.25, 0.3) is 0 Å². The Balaban J connectivity index is 2.16. The van der Waals surface area contributed by atoms with Crippen LogP contribution in [-0.4, -0.2) is 36.6 Å². The number of allylic oxidation sites excluding steroid dienone is 1. The van der Waals surface area contributed by atoms with Gasteiger partial charge in [-0.2, -0.15) is 0 Å². The van der Waals surface area contributed by atoms with E-state index in [0.717, 1.165) is 13.1 Å². The van der Waals surface area contributed by atoms with Crippen molar-refractivity contribution in [2.45, 2.75) is 45.1 Å². The lowest BCUT2D eigenvalue weighted by atomic mass is 9.99. The van der Waals surface area contributed by atoms with Crippen LogP contribution in [0.15, 0.2) is 12.7 Å². The predicted molar refractivity (Wildman–Crippen MR) is 67.2 cm³/mol. The molecule has 0 radical (unpaired) electrons. The molecular weight excluding hydrogens is 184 g/mol. The van der Waals surface area contributed by atoms with E-state index in [0.29, 0.717) is 5.54 Å². The summed E-state index contributed by atoms with van der Waals surface area (Å²) >= 11 is 0. The lowest BCUT2D eigenvalue weighted by molar-refractivity contribution is 0.0886. The van der Waals surface area contributed by atoms with Crippen LogP contribution < -0.4 is 5.32 Å². The average molecular weight is 210 g/mol. The Morgan fingerprint density at radius 2 is 2.13 bits per heavy atom. The average Bonchev–Trinajstić information content (AvgIpc) is 2.19. The van der Waals surface area contributed by atoms with Gasteiger partial charge in [0.05, 0.1) is 0 Å². The Kier molecular flexibility index (Phi) is 5.34. The summed E-state index contributed by atoms with van der Waals surface area (Å²) in [4.78, 5) is 2.62. The molecule has 0 aromatic rings. The lowest BCUT2D eigenvalue weighted by Gasteiger charge is -2.43. The normalized spacial score (nSPS) is 21.5. The fourth-order valence-electron chi connectivity index (χ4n) is 2.21. The minimum absolute atomic E-state index is 0.344. The Morgan fingerprint density at radius 1 is 1.33 bits per heavy atom. The summed E-state index contributed by atoms with van der Waals surface area (Å²) in [6, 6.07) is 0. The predicted octanol–water partition coefficient (Wildman–Crippen LogP) is 2.42. The maximum absolute atomic E-state index is 3.75. The van der Waals surface area contributed by atoms with Gasteiger partial charge in [0.1, 0.15) is 0 Å². The minimum Gasteiger partial charge on any atom is -0.314 e. The third-order valence-electron chi connectivity index (χ3n) is 3.31. The molecule has 2 nitrogen and oxygen atoms in total. The summed E-state index contributed by atoms with van der Waals surface area (Å²) in [5, 5.41) is 3.46. The van der Waals surface area contributed by atoms with Crippen LogP contribution in [0.3, 0.4) is 0 Å². The van der Waals surface area contributed by atoms with Gasteiger partial charge >= 0.3 is 0 Å². The second-order valence-electron chi connectivity index (χ2n) is 5.11. The molecule has 0 amide bonds. The van der Waals surface area contributed by atoms with E-state index in [2.05, 4.69) is 30.6 Å². The number of unbranched alkanes of at least 4 members (excludes halogenated alkanes) is 3. The number of nitrogens with zero attached hydrogens (tertiary/aromatic N) is 1. The van der Waals surface area contributed by atoms with Crippen molar-refractivity contribution >= 4 is 0 Å². The van der Waals surface area contributed by atoms with Crippen molar-refractivity contribution in [1.82, 2.24) is 10.2 Å². The van der Waals surface area contributed by atoms with Gasteiger partial charge in [0, 0.05) is 25.2 Å². The molecule has 0 saturated carbocycles. The molecule has 0 unspecified atom stereocenters. The first kappa shape index (κ1) is 12.7. The largest absolute Gasteiger partial charge is 0.314 e. The molecule has 1 heterocycles. The Morgan fingerprint density at radius 3 is 2.80 bits per heavy atom. The maximum Gasteiger partial charge on any atom is 0.0278 e. The molecule has 2 heteroatoms. The van der Waals surface area contributed by atoms with Crippen LogP contribution in [0.4, 0.5) is 0 Å². The number of piperazine rings is 1. The summed E-state index contributed by atoms with van der Waals surface area (Å²) in [5.74, 6) is 0. The van der Waals surface area contributed by atoms with E-state index in [4.69, 9.17) is 0 Å². The van der Waals surface area contributed by atoms with Crippen LogP contribution in [0.2, 0.25) is 0 Å². The van der Waals surface area contributed by atoms with E-state index in [-0.39, 0.29) is 0 Å². The van der Waals surface area contributed by atoms with E-state index in [1.807, 2.05) is 6.08 Å². The summed E-state index contributed by atoms with van der Waals surface area (Å²) in [5.41, 5.74) is 0.344. The molecule has 0 bridgehead atoms. The van der Waals surface area contributed by atoms with Gasteiger partial charge in [0.15, 0.2) is 0 Å². The summed E-state index contributed by atoms with van der Waals surface area (Å²) in [6.45, 7) is 13.2. The van der Waals surface area contributed by atoms with Crippen molar-refractivity contribution in [2.75, 3.05) is 26.2 Å². The van der Waals surface area contributed by atoms with Gasteiger partial charge < -0.3 is 5.32 Å². The highest BCUT2D eigenvalue weighted by atomic mass is 15.2. The zero-order valence-electron chi connectivity index (χ0n) is 10.4. The van der Waals surface area contributed by atoms with Crippen LogP contribution in [0.25, 0.3) is 0 Å². The van der Waals surface area contributed by atoms with Gasteiger partial charge in [-0.15, -0.1) is 6.58 Å². The van der Waals surface area contributed by atoms with Gasteiger partial charge in [0.2, 0.25) is 0 Å². The van der Waals surface area contributed by atoms with Crippen LogP contribution in [0, 0.1) is 0 Å². The fraction of sp³-hybridized carbons (Fsp3) is 0.846. The molecule has 1 N–H and O–H groups in total. The zero-order valence-corrected chi connectivity index (χ0v) is 10.4. The summed E-state index contributed by atoms with van der Waals surface area (Å²) in [6.07, 6.45) is 7.17. The highest BCUT2D eigenvalue weighted by molar-refractivity contribution is 4.88. The maximum atomic E-state index is 3.75. The lowest BCUT2D eigenvalue weighted by Crippen LogP contribution is -2.57. The van der Waals surface area contributed by atoms with Gasteiger partial charge in [-0.05, 0) is 39.7 Å². The van der Waals surface area contributed by atoms with Crippen LogP contribution >= 0.6 is 0 Å². The van der Waals surface area contributed by atoms with Crippen molar-refractivity contribution in [3.05, 3.63) is 12.7 Å². The molecule has 88 valence electrons. The third-order valence-corrected chi connectivity index (χ3v) is 3.31. The van der Waals surface area contributed by atoms with Gasteiger partial charge in [-0.25, -0.2) is 0 Å². The molecule has 0 spiro atoms. The molecule has 0 aromatic carbocycles. The second-order valence-corrected chi connectivity index (χ2v) is 5.11. The molecule has 0 aliphatic carbocycles. The van der Waals surface area contributed by atoms with Crippen molar-refractivity contribution in [3.8, 4) is 0 Å². The smallest absolute Gasteiger partial charge is 0.0278 e. The number of hydrogen-bond donors (Lipinski definition) is 1. The van der Waals surface area contributed by atoms with Crippen molar-refractivity contribution in [2.24, 2.45) is 0 Å². The van der Waals surface area contributed by atoms with E-state index >= 15 is 0 Å². The minimum atomic E-state index is 0.344. The Hall–Kier alpha value is -0.340. The number of hydrogen-bond acceptors (Lipinski definition) is 2. The second kappa shape index (κ2) is 6.29. The van der Waals surface area contributed by atoms with Gasteiger partial charge in [-0.1, -0.05) is 12.5 Å². The first-order chi connectivity index (χ1) is 7.17. The standard InChI is InChI=1S/C13H26N2/c1-4-5-6-7-8-10-15-11-9-14-12-13(15,2)3/h4,14H,1,5-12H2,2-3H3. The number of rotatable bonds is 6. The molecule has 0 aromatic heterocycles. The first-order valence-electron chi connectivity index (χ1n) is 6.23. The monoisotopic (exact) mass is 210 g/mol. The van der Waals surface area contributed by atoms with Crippen LogP contribution in [0.5, 0.6) is 0 Å². The van der Waals surface area contributed by atoms with E-state index in [9.17, 15) is 0 Å². The molecule has 1 fully saturated rings. The molecular formula is C13H26N2. The molecule has 1 rings (SSSR count). The van der Waals surface area contributed by atoms with E-state index < -0.39 is 0 Å². The SMILES string of the molecule is C=CCCCCCN1CCNCC1(C)C. The van der Waals surface area contributed by atoms with Crippen LogP contribution in [0.1, 0.15) is 39.5 Å². The quantitative estimate of drug-likeness (QED) is 0.535. The molecule has 15 heavy (non-hydrogen) atoms. The molecule has 1 saturated heterocycles. The highest BCUT2D eigenvalue weighted by Gasteiger charge is 2.28. The Bertz CT molecular complexity index is 187. The summed E-state index contributed by atoms with van der Waals surface area (Å²) in [7, 11) is 0. The zero-order chi connectivity index (χ0) is 11.1. The van der Waals surface area contributed by atoms with Crippen molar-refractivity contribution in [1.29, 1.82) is 0 Å². The van der Waals surface area contributed by atoms with E-state index in [1.54, 1.807) is 0 Å². The highest BCUT2D eigenvalue weighted by Crippen LogP contribution is 2.17. The van der Waals surface area contributed by atoms with Crippen molar-refractivity contribution in [3.63, 3.8) is 0 Å². The van der Waals surface area contributed by atoms with Crippen molar-refractivity contribution < 1.29 is 0 Å². The van der Waals surface area contributed by atoms with E-state index in [1.165, 1.54) is 38.8 Å². The van der Waals surface area contributed by atoms with Gasteiger partial charge in [-0.3, -0.25) is 4.90 Å².